The molecule has 3 rings (SSSR count). The number of carbonyl (C=O) groups is 1. The summed E-state index contributed by atoms with van der Waals surface area (Å²) in [5.74, 6) is 1.50. The van der Waals surface area contributed by atoms with E-state index in [1.165, 1.54) is 0 Å². The van der Waals surface area contributed by atoms with E-state index in [4.69, 9.17) is 19.5 Å². The van der Waals surface area contributed by atoms with Gasteiger partial charge in [0.05, 0.1) is 24.8 Å². The summed E-state index contributed by atoms with van der Waals surface area (Å²) in [4.78, 5) is 12.7. The van der Waals surface area contributed by atoms with Crippen LogP contribution in [0.2, 0.25) is 0 Å². The topological polar surface area (TPSA) is 80.6 Å². The average molecular weight is 416 g/mol. The summed E-state index contributed by atoms with van der Waals surface area (Å²) >= 11 is 0. The van der Waals surface area contributed by atoms with Gasteiger partial charge in [-0.15, -0.1) is 0 Å². The van der Waals surface area contributed by atoms with Crippen LogP contribution in [0.25, 0.3) is 0 Å². The third-order valence-corrected chi connectivity index (χ3v) is 4.36. The zero-order valence-corrected chi connectivity index (χ0v) is 17.6. The van der Waals surface area contributed by atoms with E-state index in [9.17, 15) is 4.79 Å². The van der Waals surface area contributed by atoms with Gasteiger partial charge in [-0.2, -0.15) is 5.26 Å². The molecule has 31 heavy (non-hydrogen) atoms. The maximum absolute atomic E-state index is 12.7. The van der Waals surface area contributed by atoms with Crippen molar-refractivity contribution in [1.29, 1.82) is 5.26 Å². The largest absolute Gasteiger partial charge is 0.490 e. The lowest BCUT2D eigenvalue weighted by atomic mass is 10.1. The maximum Gasteiger partial charge on any atom is 0.255 e. The van der Waals surface area contributed by atoms with E-state index in [1.54, 1.807) is 48.5 Å². The molecule has 0 aliphatic carbocycles. The Morgan fingerprint density at radius 2 is 1.68 bits per heavy atom. The molecule has 0 atom stereocenters. The highest BCUT2D eigenvalue weighted by atomic mass is 16.5. The Morgan fingerprint density at radius 1 is 0.903 bits per heavy atom. The minimum atomic E-state index is -0.261. The van der Waals surface area contributed by atoms with Crippen molar-refractivity contribution in [3.63, 3.8) is 0 Å². The van der Waals surface area contributed by atoms with E-state index in [0.717, 1.165) is 5.56 Å². The van der Waals surface area contributed by atoms with Crippen LogP contribution in [-0.4, -0.2) is 19.1 Å². The van der Waals surface area contributed by atoms with Gasteiger partial charge in [-0.3, -0.25) is 4.79 Å². The number of nitrogens with zero attached hydrogens (tertiary/aromatic N) is 1. The zero-order chi connectivity index (χ0) is 22.1. The maximum atomic E-state index is 12.7. The summed E-state index contributed by atoms with van der Waals surface area (Å²) in [6.07, 6.45) is 0. The lowest BCUT2D eigenvalue weighted by Gasteiger charge is -2.13. The van der Waals surface area contributed by atoms with Crippen molar-refractivity contribution in [3.05, 3.63) is 83.4 Å². The van der Waals surface area contributed by atoms with Gasteiger partial charge in [0.15, 0.2) is 11.5 Å². The van der Waals surface area contributed by atoms with Gasteiger partial charge in [0.2, 0.25) is 0 Å². The highest BCUT2D eigenvalue weighted by Gasteiger charge is 2.12. The molecule has 0 saturated carbocycles. The summed E-state index contributed by atoms with van der Waals surface area (Å²) in [6, 6.07) is 21.6. The van der Waals surface area contributed by atoms with Gasteiger partial charge < -0.3 is 19.5 Å². The fourth-order valence-electron chi connectivity index (χ4n) is 2.96. The van der Waals surface area contributed by atoms with Crippen molar-refractivity contribution in [3.8, 4) is 23.3 Å². The van der Waals surface area contributed by atoms with Crippen LogP contribution in [0.3, 0.4) is 0 Å². The molecule has 6 heteroatoms. The molecule has 0 heterocycles. The molecule has 0 aliphatic rings. The van der Waals surface area contributed by atoms with E-state index in [-0.39, 0.29) is 5.91 Å². The quantitative estimate of drug-likeness (QED) is 0.519. The van der Waals surface area contributed by atoms with Crippen LogP contribution in [0.4, 0.5) is 5.69 Å². The second kappa shape index (κ2) is 10.7. The Hall–Kier alpha value is -3.98. The number of nitrogens with one attached hydrogen (secondary N) is 1. The number of anilines is 1. The Kier molecular flexibility index (Phi) is 7.50. The summed E-state index contributed by atoms with van der Waals surface area (Å²) < 4.78 is 17.0. The number of amides is 1. The molecule has 3 aromatic carbocycles. The van der Waals surface area contributed by atoms with Crippen LogP contribution in [0.5, 0.6) is 17.2 Å². The third-order valence-electron chi connectivity index (χ3n) is 4.36. The van der Waals surface area contributed by atoms with E-state index in [2.05, 4.69) is 11.4 Å². The lowest BCUT2D eigenvalue weighted by molar-refractivity contribution is 0.102. The summed E-state index contributed by atoms with van der Waals surface area (Å²) in [5, 5.41) is 11.9. The van der Waals surface area contributed by atoms with Gasteiger partial charge in [0.25, 0.3) is 5.91 Å². The van der Waals surface area contributed by atoms with Crippen LogP contribution >= 0.6 is 0 Å². The van der Waals surface area contributed by atoms with Crippen molar-refractivity contribution >= 4 is 11.6 Å². The Balaban J connectivity index is 1.68. The first-order valence-electron chi connectivity index (χ1n) is 10.1. The second-order valence-corrected chi connectivity index (χ2v) is 6.61. The zero-order valence-electron chi connectivity index (χ0n) is 17.6. The molecule has 0 fully saturated rings. The Bertz CT molecular complexity index is 1090. The molecule has 0 saturated heterocycles. The van der Waals surface area contributed by atoms with Crippen molar-refractivity contribution in [1.82, 2.24) is 0 Å². The molecule has 158 valence electrons. The van der Waals surface area contributed by atoms with Crippen LogP contribution in [0, 0.1) is 11.3 Å². The van der Waals surface area contributed by atoms with Crippen LogP contribution in [0.15, 0.2) is 66.7 Å². The summed E-state index contributed by atoms with van der Waals surface area (Å²) in [6.45, 7) is 5.08. The molecule has 0 radical (unpaired) electrons. The first kappa shape index (κ1) is 21.7. The van der Waals surface area contributed by atoms with Gasteiger partial charge in [-0.05, 0) is 61.9 Å². The molecule has 0 spiro atoms. The molecule has 0 aromatic heterocycles. The highest BCUT2D eigenvalue weighted by molar-refractivity contribution is 6.04. The number of benzene rings is 3. The Labute approximate surface area is 182 Å². The highest BCUT2D eigenvalue weighted by Crippen LogP contribution is 2.29. The van der Waals surface area contributed by atoms with Crippen molar-refractivity contribution in [2.24, 2.45) is 0 Å². The standard InChI is InChI=1S/C25H24N2O4/c1-3-29-23-12-11-20(14-24(23)30-4-2)25(28)27-21-9-6-10-22(15-21)31-17-19-8-5-7-18(13-19)16-26/h5-15H,3-4,17H2,1-2H3,(H,27,28). The first-order valence-corrected chi connectivity index (χ1v) is 10.1. The molecule has 0 aliphatic heterocycles. The number of hydrogen-bond acceptors (Lipinski definition) is 5. The Morgan fingerprint density at radius 3 is 2.45 bits per heavy atom. The van der Waals surface area contributed by atoms with Gasteiger partial charge in [-0.1, -0.05) is 18.2 Å². The lowest BCUT2D eigenvalue weighted by Crippen LogP contribution is -2.12. The van der Waals surface area contributed by atoms with E-state index in [0.29, 0.717) is 53.9 Å². The van der Waals surface area contributed by atoms with Crippen molar-refractivity contribution < 1.29 is 19.0 Å². The predicted molar refractivity (Wildman–Crippen MR) is 119 cm³/mol. The molecule has 0 unspecified atom stereocenters. The molecular weight excluding hydrogens is 392 g/mol. The number of ether oxygens (including phenoxy) is 3. The van der Waals surface area contributed by atoms with E-state index in [1.807, 2.05) is 32.0 Å². The molecule has 6 nitrogen and oxygen atoms in total. The first-order chi connectivity index (χ1) is 15.1. The molecule has 3 aromatic rings. The average Bonchev–Trinajstić information content (AvgIpc) is 2.79. The number of carbonyl (C=O) groups excluding carboxylic acids is 1. The van der Waals surface area contributed by atoms with E-state index < -0.39 is 0 Å². The van der Waals surface area contributed by atoms with Crippen LogP contribution < -0.4 is 19.5 Å². The normalized spacial score (nSPS) is 10.1. The fourth-order valence-corrected chi connectivity index (χ4v) is 2.96. The smallest absolute Gasteiger partial charge is 0.255 e. The summed E-state index contributed by atoms with van der Waals surface area (Å²) in [5.41, 5.74) is 2.56. The van der Waals surface area contributed by atoms with Crippen LogP contribution in [-0.2, 0) is 6.61 Å². The van der Waals surface area contributed by atoms with Gasteiger partial charge in [-0.25, -0.2) is 0 Å². The fraction of sp³-hybridized carbons (Fsp3) is 0.200. The molecular formula is C25H24N2O4. The van der Waals surface area contributed by atoms with Gasteiger partial charge >= 0.3 is 0 Å². The predicted octanol–water partition coefficient (Wildman–Crippen LogP) is 5.19. The SMILES string of the molecule is CCOc1ccc(C(=O)Nc2cccc(OCc3cccc(C#N)c3)c2)cc1OCC. The van der Waals surface area contributed by atoms with E-state index >= 15 is 0 Å². The van der Waals surface area contributed by atoms with Crippen LogP contribution in [0.1, 0.15) is 35.3 Å². The molecule has 1 amide bonds. The van der Waals surface area contributed by atoms with Gasteiger partial charge in [0, 0.05) is 17.3 Å². The minimum Gasteiger partial charge on any atom is -0.490 e. The monoisotopic (exact) mass is 416 g/mol. The summed E-state index contributed by atoms with van der Waals surface area (Å²) in [7, 11) is 0. The number of nitriles is 1. The molecule has 0 bridgehead atoms. The molecule has 1 N–H and O–H groups in total. The van der Waals surface area contributed by atoms with Gasteiger partial charge in [0.1, 0.15) is 12.4 Å². The third kappa shape index (κ3) is 6.00. The van der Waals surface area contributed by atoms with Crippen molar-refractivity contribution in [2.75, 3.05) is 18.5 Å². The number of hydrogen-bond donors (Lipinski definition) is 1. The number of rotatable bonds is 9. The second-order valence-electron chi connectivity index (χ2n) is 6.61. The minimum absolute atomic E-state index is 0.261. The van der Waals surface area contributed by atoms with Crippen molar-refractivity contribution in [2.45, 2.75) is 20.5 Å².